The van der Waals surface area contributed by atoms with Gasteiger partial charge in [0.25, 0.3) is 0 Å². The lowest BCUT2D eigenvalue weighted by Gasteiger charge is -2.37. The predicted octanol–water partition coefficient (Wildman–Crippen LogP) is 4.91. The van der Waals surface area contributed by atoms with Crippen molar-refractivity contribution in [1.82, 2.24) is 4.90 Å². The van der Waals surface area contributed by atoms with Crippen LogP contribution >= 0.6 is 11.8 Å². The molecule has 2 aromatic carbocycles. The van der Waals surface area contributed by atoms with Crippen molar-refractivity contribution < 1.29 is 0 Å². The molecule has 1 fully saturated rings. The molecule has 0 aliphatic carbocycles. The van der Waals surface area contributed by atoms with E-state index in [0.29, 0.717) is 5.92 Å². The van der Waals surface area contributed by atoms with Gasteiger partial charge in [-0.25, -0.2) is 0 Å². The summed E-state index contributed by atoms with van der Waals surface area (Å²) in [5.41, 5.74) is 4.29. The molecule has 144 valence electrons. The first-order valence-corrected chi connectivity index (χ1v) is 11.5. The number of hydrogen-bond donors (Lipinski definition) is 1. The summed E-state index contributed by atoms with van der Waals surface area (Å²) in [7, 11) is 0. The molecule has 1 saturated heterocycles. The Morgan fingerprint density at radius 2 is 1.74 bits per heavy atom. The highest BCUT2D eigenvalue weighted by molar-refractivity contribution is 7.98. The number of nitrogens with one attached hydrogen (secondary N) is 1. The van der Waals surface area contributed by atoms with Gasteiger partial charge >= 0.3 is 0 Å². The van der Waals surface area contributed by atoms with Crippen LogP contribution in [-0.2, 0) is 0 Å². The maximum atomic E-state index is 3.55. The number of piperazine rings is 1. The number of benzene rings is 2. The van der Waals surface area contributed by atoms with E-state index in [0.717, 1.165) is 19.6 Å². The van der Waals surface area contributed by atoms with Crippen molar-refractivity contribution in [1.29, 1.82) is 0 Å². The fourth-order valence-electron chi connectivity index (χ4n) is 4.44. The Labute approximate surface area is 168 Å². The minimum Gasteiger partial charge on any atom is -0.384 e. The van der Waals surface area contributed by atoms with Gasteiger partial charge < -0.3 is 10.2 Å². The molecular weight excluding hydrogens is 350 g/mol. The van der Waals surface area contributed by atoms with Crippen molar-refractivity contribution in [2.75, 3.05) is 55.7 Å². The van der Waals surface area contributed by atoms with Crippen molar-refractivity contribution >= 4 is 23.1 Å². The van der Waals surface area contributed by atoms with Crippen LogP contribution in [0.4, 0.5) is 11.4 Å². The lowest BCUT2D eigenvalue weighted by Crippen LogP contribution is -2.46. The fourth-order valence-corrected chi connectivity index (χ4v) is 5.07. The van der Waals surface area contributed by atoms with E-state index < -0.39 is 0 Å². The molecule has 0 spiro atoms. The third-order valence-corrected chi connectivity index (χ3v) is 6.80. The Morgan fingerprint density at radius 3 is 2.59 bits per heavy atom. The number of para-hydroxylation sites is 2. The number of hydrogen-bond acceptors (Lipinski definition) is 4. The Balaban J connectivity index is 1.18. The summed E-state index contributed by atoms with van der Waals surface area (Å²) in [5, 5.41) is 3.55. The minimum atomic E-state index is 0.709. The minimum absolute atomic E-state index is 0.709. The van der Waals surface area contributed by atoms with Crippen LogP contribution in [0.3, 0.4) is 0 Å². The van der Waals surface area contributed by atoms with E-state index in [1.807, 2.05) is 11.8 Å². The second kappa shape index (κ2) is 9.03. The highest BCUT2D eigenvalue weighted by Gasteiger charge is 2.22. The first-order chi connectivity index (χ1) is 13.3. The Hall–Kier alpha value is -1.65. The van der Waals surface area contributed by atoms with Crippen molar-refractivity contribution in [3.63, 3.8) is 0 Å². The maximum Gasteiger partial charge on any atom is 0.0505 e. The van der Waals surface area contributed by atoms with Crippen LogP contribution in [0.25, 0.3) is 0 Å². The first-order valence-electron chi connectivity index (χ1n) is 10.3. The average molecular weight is 382 g/mol. The van der Waals surface area contributed by atoms with Gasteiger partial charge in [0.15, 0.2) is 0 Å². The van der Waals surface area contributed by atoms with Crippen LogP contribution in [0, 0.1) is 0 Å². The largest absolute Gasteiger partial charge is 0.384 e. The molecule has 3 nitrogen and oxygen atoms in total. The lowest BCUT2D eigenvalue weighted by atomic mass is 9.95. The van der Waals surface area contributed by atoms with Crippen molar-refractivity contribution in [2.24, 2.45) is 0 Å². The number of fused-ring (bicyclic) bond motifs is 1. The molecule has 0 bridgehead atoms. The van der Waals surface area contributed by atoms with E-state index in [4.69, 9.17) is 0 Å². The summed E-state index contributed by atoms with van der Waals surface area (Å²) < 4.78 is 0. The predicted molar refractivity (Wildman–Crippen MR) is 118 cm³/mol. The van der Waals surface area contributed by atoms with Gasteiger partial charge in [-0.3, -0.25) is 4.90 Å². The monoisotopic (exact) mass is 381 g/mol. The molecule has 1 N–H and O–H groups in total. The summed E-state index contributed by atoms with van der Waals surface area (Å²) in [6.07, 6.45) is 6.13. The molecule has 4 heteroatoms. The van der Waals surface area contributed by atoms with E-state index >= 15 is 0 Å². The summed E-state index contributed by atoms with van der Waals surface area (Å²) >= 11 is 1.85. The van der Waals surface area contributed by atoms with Gasteiger partial charge in [-0.2, -0.15) is 0 Å². The zero-order chi connectivity index (χ0) is 18.5. The number of rotatable bonds is 7. The second-order valence-electron chi connectivity index (χ2n) is 7.66. The lowest BCUT2D eigenvalue weighted by molar-refractivity contribution is 0.251. The number of thioether (sulfide) groups is 1. The highest BCUT2D eigenvalue weighted by Crippen LogP contribution is 2.34. The third kappa shape index (κ3) is 4.44. The van der Waals surface area contributed by atoms with Crippen LogP contribution in [0.2, 0.25) is 0 Å². The van der Waals surface area contributed by atoms with Crippen molar-refractivity contribution in [2.45, 2.75) is 30.1 Å². The maximum absolute atomic E-state index is 3.55. The van der Waals surface area contributed by atoms with Gasteiger partial charge in [0.05, 0.1) is 5.69 Å². The Morgan fingerprint density at radius 1 is 0.963 bits per heavy atom. The number of anilines is 2. The summed E-state index contributed by atoms with van der Waals surface area (Å²) in [4.78, 5) is 6.61. The summed E-state index contributed by atoms with van der Waals surface area (Å²) in [5.74, 6) is 0.709. The highest BCUT2D eigenvalue weighted by atomic mass is 32.2. The molecule has 0 aromatic heterocycles. The van der Waals surface area contributed by atoms with Gasteiger partial charge in [-0.05, 0) is 49.4 Å². The summed E-state index contributed by atoms with van der Waals surface area (Å²) in [6.45, 7) is 7.05. The van der Waals surface area contributed by atoms with Crippen LogP contribution in [0.15, 0.2) is 53.4 Å². The topological polar surface area (TPSA) is 18.5 Å². The van der Waals surface area contributed by atoms with Crippen LogP contribution in [-0.4, -0.2) is 50.4 Å². The molecule has 0 saturated carbocycles. The number of unbranched alkanes of at least 4 members (excludes halogenated alkanes) is 1. The van der Waals surface area contributed by atoms with Crippen molar-refractivity contribution in [3.05, 3.63) is 54.1 Å². The Bertz CT molecular complexity index is 740. The summed E-state index contributed by atoms with van der Waals surface area (Å²) in [6, 6.07) is 17.6. The van der Waals surface area contributed by atoms with Gasteiger partial charge in [0.2, 0.25) is 0 Å². The SMILES string of the molecule is CSc1ccccc1N1CCN(CCCCC2CNc3ccccc32)CC1. The molecular formula is C23H31N3S. The third-order valence-electron chi connectivity index (χ3n) is 6.01. The van der Waals surface area contributed by atoms with Gasteiger partial charge in [-0.1, -0.05) is 36.8 Å². The molecule has 2 aliphatic rings. The van der Waals surface area contributed by atoms with Gasteiger partial charge in [0.1, 0.15) is 0 Å². The average Bonchev–Trinajstić information content (AvgIpc) is 3.15. The molecule has 2 aromatic rings. The molecule has 1 unspecified atom stereocenters. The molecule has 4 rings (SSSR count). The first kappa shape index (κ1) is 18.7. The molecule has 27 heavy (non-hydrogen) atoms. The van der Waals surface area contributed by atoms with E-state index in [9.17, 15) is 0 Å². The molecule has 2 aliphatic heterocycles. The van der Waals surface area contributed by atoms with Crippen molar-refractivity contribution in [3.8, 4) is 0 Å². The number of nitrogens with zero attached hydrogens (tertiary/aromatic N) is 2. The van der Waals surface area contributed by atoms with Crippen LogP contribution in [0.1, 0.15) is 30.7 Å². The zero-order valence-corrected chi connectivity index (χ0v) is 17.2. The molecule has 0 radical (unpaired) electrons. The standard InChI is InChI=1S/C23H31N3S/c1-27-23-12-5-4-11-22(23)26-16-14-25(15-17-26)13-7-6-8-19-18-24-21-10-3-2-9-20(19)21/h2-5,9-12,19,24H,6-8,13-18H2,1H3. The normalized spacial score (nSPS) is 19.7. The fraction of sp³-hybridized carbons (Fsp3) is 0.478. The second-order valence-corrected chi connectivity index (χ2v) is 8.51. The quantitative estimate of drug-likeness (QED) is 0.542. The zero-order valence-electron chi connectivity index (χ0n) is 16.4. The molecule has 0 amide bonds. The van der Waals surface area contributed by atoms with E-state index in [1.54, 1.807) is 0 Å². The van der Waals surface area contributed by atoms with E-state index in [2.05, 4.69) is 69.9 Å². The van der Waals surface area contributed by atoms with E-state index in [-0.39, 0.29) is 0 Å². The van der Waals surface area contributed by atoms with E-state index in [1.165, 1.54) is 60.7 Å². The molecule has 2 heterocycles. The van der Waals surface area contributed by atoms with Gasteiger partial charge in [-0.15, -0.1) is 11.8 Å². The van der Waals surface area contributed by atoms with Gasteiger partial charge in [0, 0.05) is 49.2 Å². The van der Waals surface area contributed by atoms with Crippen LogP contribution < -0.4 is 10.2 Å². The molecule has 1 atom stereocenters. The van der Waals surface area contributed by atoms with Crippen LogP contribution in [0.5, 0.6) is 0 Å². The smallest absolute Gasteiger partial charge is 0.0505 e. The Kier molecular flexibility index (Phi) is 6.25.